The standard InChI is InChI=1S/C14H23NO3S2/c1-5-10(4)13(12(16)8-9(2)3)11-6-7-19-14(11)20(15,17)18/h6-7,10,12-13,16H,2,5,8H2,1,3-4H3,(H2,15,17,18)/t10-,12+,13-/m0/s1. The van der Waals surface area contributed by atoms with E-state index in [9.17, 15) is 13.5 Å². The molecule has 0 saturated heterocycles. The van der Waals surface area contributed by atoms with Crippen LogP contribution >= 0.6 is 11.3 Å². The van der Waals surface area contributed by atoms with Crippen molar-refractivity contribution >= 4 is 21.4 Å². The molecule has 0 aliphatic heterocycles. The number of primary sulfonamides is 1. The van der Waals surface area contributed by atoms with Crippen LogP contribution in [-0.4, -0.2) is 19.6 Å². The Morgan fingerprint density at radius 3 is 2.60 bits per heavy atom. The van der Waals surface area contributed by atoms with Crippen LogP contribution in [0.5, 0.6) is 0 Å². The molecule has 0 unspecified atom stereocenters. The first-order valence-corrected chi connectivity index (χ1v) is 9.03. The number of nitrogens with two attached hydrogens (primary N) is 1. The van der Waals surface area contributed by atoms with Gasteiger partial charge in [-0.25, -0.2) is 13.6 Å². The first-order chi connectivity index (χ1) is 9.18. The number of hydrogen-bond acceptors (Lipinski definition) is 4. The fourth-order valence-electron chi connectivity index (χ4n) is 2.41. The van der Waals surface area contributed by atoms with Gasteiger partial charge in [-0.15, -0.1) is 17.9 Å². The van der Waals surface area contributed by atoms with Gasteiger partial charge in [-0.3, -0.25) is 0 Å². The molecular weight excluding hydrogens is 294 g/mol. The van der Waals surface area contributed by atoms with Crippen molar-refractivity contribution in [2.24, 2.45) is 11.1 Å². The summed E-state index contributed by atoms with van der Waals surface area (Å²) in [4.78, 5) is 0. The lowest BCUT2D eigenvalue weighted by atomic mass is 9.81. The smallest absolute Gasteiger partial charge is 0.247 e. The van der Waals surface area contributed by atoms with Crippen molar-refractivity contribution in [3.8, 4) is 0 Å². The van der Waals surface area contributed by atoms with Crippen molar-refractivity contribution in [2.45, 2.75) is 49.8 Å². The van der Waals surface area contributed by atoms with E-state index in [2.05, 4.69) is 6.58 Å². The number of rotatable bonds is 7. The first kappa shape index (κ1) is 17.4. The highest BCUT2D eigenvalue weighted by Crippen LogP contribution is 2.38. The average molecular weight is 317 g/mol. The summed E-state index contributed by atoms with van der Waals surface area (Å²) in [6.07, 6.45) is 0.643. The molecule has 3 atom stereocenters. The van der Waals surface area contributed by atoms with E-state index in [1.807, 2.05) is 20.8 Å². The van der Waals surface area contributed by atoms with Crippen molar-refractivity contribution in [2.75, 3.05) is 0 Å². The summed E-state index contributed by atoms with van der Waals surface area (Å²) in [5.74, 6) is -0.101. The van der Waals surface area contributed by atoms with Gasteiger partial charge < -0.3 is 5.11 Å². The Morgan fingerprint density at radius 1 is 1.55 bits per heavy atom. The number of hydrogen-bond donors (Lipinski definition) is 2. The van der Waals surface area contributed by atoms with Crippen LogP contribution in [0, 0.1) is 5.92 Å². The molecule has 0 fully saturated rings. The fourth-order valence-corrected chi connectivity index (χ4v) is 4.33. The quantitative estimate of drug-likeness (QED) is 0.759. The highest BCUT2D eigenvalue weighted by Gasteiger charge is 2.31. The molecule has 6 heteroatoms. The predicted molar refractivity (Wildman–Crippen MR) is 83.3 cm³/mol. The van der Waals surface area contributed by atoms with Gasteiger partial charge in [0, 0.05) is 5.92 Å². The normalized spacial score (nSPS) is 16.6. The maximum atomic E-state index is 11.7. The van der Waals surface area contributed by atoms with Gasteiger partial charge in [0.2, 0.25) is 10.0 Å². The number of sulfonamides is 1. The lowest BCUT2D eigenvalue weighted by Gasteiger charge is -2.28. The minimum Gasteiger partial charge on any atom is -0.392 e. The summed E-state index contributed by atoms with van der Waals surface area (Å²) < 4.78 is 23.5. The number of thiophene rings is 1. The van der Waals surface area contributed by atoms with Crippen LogP contribution in [-0.2, 0) is 10.0 Å². The second-order valence-corrected chi connectivity index (χ2v) is 8.02. The van der Waals surface area contributed by atoms with Gasteiger partial charge in [-0.1, -0.05) is 25.8 Å². The molecule has 1 aromatic rings. The molecule has 4 nitrogen and oxygen atoms in total. The van der Waals surface area contributed by atoms with E-state index < -0.39 is 16.1 Å². The summed E-state index contributed by atoms with van der Waals surface area (Å²) in [5, 5.41) is 17.4. The zero-order valence-corrected chi connectivity index (χ0v) is 13.8. The topological polar surface area (TPSA) is 80.4 Å². The van der Waals surface area contributed by atoms with Gasteiger partial charge in [0.1, 0.15) is 4.21 Å². The molecule has 0 spiro atoms. The van der Waals surface area contributed by atoms with Crippen LogP contribution in [0.2, 0.25) is 0 Å². The maximum absolute atomic E-state index is 11.7. The molecule has 0 aromatic carbocycles. The van der Waals surface area contributed by atoms with Crippen LogP contribution in [0.1, 0.15) is 45.1 Å². The van der Waals surface area contributed by atoms with Crippen LogP contribution in [0.4, 0.5) is 0 Å². The van der Waals surface area contributed by atoms with E-state index in [0.29, 0.717) is 12.0 Å². The lowest BCUT2D eigenvalue weighted by molar-refractivity contribution is 0.116. The number of aliphatic hydroxyl groups is 1. The number of aliphatic hydroxyl groups excluding tert-OH is 1. The van der Waals surface area contributed by atoms with Crippen LogP contribution < -0.4 is 5.14 Å². The Morgan fingerprint density at radius 2 is 2.15 bits per heavy atom. The summed E-state index contributed by atoms with van der Waals surface area (Å²) in [6.45, 7) is 9.70. The van der Waals surface area contributed by atoms with Gasteiger partial charge in [-0.05, 0) is 36.3 Å². The Kier molecular flexibility index (Phi) is 5.94. The first-order valence-electron chi connectivity index (χ1n) is 6.61. The lowest BCUT2D eigenvalue weighted by Crippen LogP contribution is -2.26. The van der Waals surface area contributed by atoms with E-state index in [0.717, 1.165) is 23.3 Å². The third-order valence-electron chi connectivity index (χ3n) is 3.51. The Labute approximate surface area is 125 Å². The molecule has 3 N–H and O–H groups in total. The molecule has 0 aliphatic rings. The van der Waals surface area contributed by atoms with Crippen LogP contribution in [0.3, 0.4) is 0 Å². The van der Waals surface area contributed by atoms with E-state index in [1.165, 1.54) is 0 Å². The highest BCUT2D eigenvalue weighted by molar-refractivity contribution is 7.91. The summed E-state index contributed by atoms with van der Waals surface area (Å²) >= 11 is 1.10. The molecule has 0 bridgehead atoms. The second kappa shape index (κ2) is 6.85. The van der Waals surface area contributed by atoms with E-state index in [-0.39, 0.29) is 16.0 Å². The van der Waals surface area contributed by atoms with Gasteiger partial charge in [-0.2, -0.15) is 0 Å². The van der Waals surface area contributed by atoms with Crippen molar-refractivity contribution in [1.82, 2.24) is 0 Å². The molecule has 0 amide bonds. The molecule has 1 heterocycles. The molecule has 0 radical (unpaired) electrons. The van der Waals surface area contributed by atoms with Crippen LogP contribution in [0.15, 0.2) is 27.8 Å². The Hall–Kier alpha value is -0.690. The molecule has 1 aromatic heterocycles. The van der Waals surface area contributed by atoms with E-state index >= 15 is 0 Å². The zero-order chi connectivity index (χ0) is 15.5. The van der Waals surface area contributed by atoms with Crippen molar-refractivity contribution in [3.63, 3.8) is 0 Å². The summed E-state index contributed by atoms with van der Waals surface area (Å²) in [6, 6.07) is 1.75. The van der Waals surface area contributed by atoms with Crippen LogP contribution in [0.25, 0.3) is 0 Å². The Bertz CT molecular complexity index is 563. The maximum Gasteiger partial charge on any atom is 0.247 e. The average Bonchev–Trinajstić information content (AvgIpc) is 2.76. The summed E-state index contributed by atoms with van der Waals surface area (Å²) in [5.41, 5.74) is 1.50. The highest BCUT2D eigenvalue weighted by atomic mass is 32.2. The largest absolute Gasteiger partial charge is 0.392 e. The molecule has 20 heavy (non-hydrogen) atoms. The van der Waals surface area contributed by atoms with E-state index in [4.69, 9.17) is 5.14 Å². The zero-order valence-electron chi connectivity index (χ0n) is 12.2. The SMILES string of the molecule is C=C(C)C[C@@H](O)[C@H](c1ccsc1S(N)(=O)=O)[C@@H](C)CC. The van der Waals surface area contributed by atoms with Crippen molar-refractivity contribution in [3.05, 3.63) is 29.2 Å². The summed E-state index contributed by atoms with van der Waals surface area (Å²) in [7, 11) is -3.75. The van der Waals surface area contributed by atoms with Gasteiger partial charge in [0.25, 0.3) is 0 Å². The second-order valence-electron chi connectivity index (χ2n) is 5.35. The van der Waals surface area contributed by atoms with Crippen molar-refractivity contribution in [1.29, 1.82) is 0 Å². The Balaban J connectivity index is 3.25. The minimum atomic E-state index is -3.75. The van der Waals surface area contributed by atoms with Gasteiger partial charge in [0.15, 0.2) is 0 Å². The van der Waals surface area contributed by atoms with Gasteiger partial charge in [0.05, 0.1) is 6.10 Å². The molecule has 1 rings (SSSR count). The van der Waals surface area contributed by atoms with E-state index in [1.54, 1.807) is 11.4 Å². The molecular formula is C14H23NO3S2. The minimum absolute atomic E-state index is 0.152. The molecule has 0 aliphatic carbocycles. The molecule has 0 saturated carbocycles. The van der Waals surface area contributed by atoms with Crippen molar-refractivity contribution < 1.29 is 13.5 Å². The van der Waals surface area contributed by atoms with Gasteiger partial charge >= 0.3 is 0 Å². The third-order valence-corrected chi connectivity index (χ3v) is 5.97. The third kappa shape index (κ3) is 4.15. The fraction of sp³-hybridized carbons (Fsp3) is 0.571. The monoisotopic (exact) mass is 317 g/mol. The molecule has 114 valence electrons. The predicted octanol–water partition coefficient (Wildman–Crippen LogP) is 2.85.